The van der Waals surface area contributed by atoms with E-state index in [0.29, 0.717) is 10.7 Å². The van der Waals surface area contributed by atoms with E-state index in [0.717, 1.165) is 4.47 Å². The van der Waals surface area contributed by atoms with Crippen molar-refractivity contribution in [1.82, 2.24) is 0 Å². The number of nitrogen functional groups attached to an aromatic ring is 1. The van der Waals surface area contributed by atoms with Crippen LogP contribution < -0.4 is 11.1 Å². The summed E-state index contributed by atoms with van der Waals surface area (Å²) >= 11 is 9.07. The van der Waals surface area contributed by atoms with Crippen LogP contribution in [0.1, 0.15) is 10.4 Å². The molecule has 0 aliphatic carbocycles. The van der Waals surface area contributed by atoms with Gasteiger partial charge in [-0.25, -0.2) is 4.79 Å². The van der Waals surface area contributed by atoms with Crippen molar-refractivity contribution in [3.05, 3.63) is 57.5 Å². The quantitative estimate of drug-likeness (QED) is 0.625. The molecule has 0 aliphatic rings. The third-order valence-electron chi connectivity index (χ3n) is 2.69. The van der Waals surface area contributed by atoms with E-state index in [1.54, 1.807) is 24.3 Å². The molecular weight excluding hydrogens is 372 g/mol. The summed E-state index contributed by atoms with van der Waals surface area (Å²) in [5, 5.41) is 2.97. The Kier molecular flexibility index (Phi) is 5.41. The van der Waals surface area contributed by atoms with E-state index in [1.165, 1.54) is 18.2 Å². The van der Waals surface area contributed by atoms with Crippen LogP contribution in [0.25, 0.3) is 0 Å². The number of esters is 1. The number of nitrogens with one attached hydrogen (secondary N) is 1. The highest BCUT2D eigenvalue weighted by Gasteiger charge is 2.11. The standard InChI is InChI=1S/C15H12BrClN2O3/c16-10-2-4-11(5-3-10)19-14(20)8-22-15(21)9-1-6-12(17)13(18)7-9/h1-7H,8,18H2,(H,19,20). The molecule has 114 valence electrons. The first-order valence-corrected chi connectivity index (χ1v) is 7.40. The lowest BCUT2D eigenvalue weighted by atomic mass is 10.2. The van der Waals surface area contributed by atoms with Crippen molar-refractivity contribution in [3.8, 4) is 0 Å². The van der Waals surface area contributed by atoms with Crippen LogP contribution in [0.5, 0.6) is 0 Å². The molecule has 0 aromatic heterocycles. The van der Waals surface area contributed by atoms with E-state index in [9.17, 15) is 9.59 Å². The summed E-state index contributed by atoms with van der Waals surface area (Å²) in [6, 6.07) is 11.4. The predicted molar refractivity (Wildman–Crippen MR) is 88.9 cm³/mol. The Hall–Kier alpha value is -2.05. The summed E-state index contributed by atoms with van der Waals surface area (Å²) < 4.78 is 5.82. The van der Waals surface area contributed by atoms with Gasteiger partial charge in [-0.1, -0.05) is 27.5 Å². The Labute approximate surface area is 140 Å². The minimum Gasteiger partial charge on any atom is -0.452 e. The molecule has 5 nitrogen and oxygen atoms in total. The number of hydrogen-bond donors (Lipinski definition) is 2. The van der Waals surface area contributed by atoms with Gasteiger partial charge in [-0.2, -0.15) is 0 Å². The summed E-state index contributed by atoms with van der Waals surface area (Å²) in [5.41, 5.74) is 6.73. The molecule has 0 bridgehead atoms. The van der Waals surface area contributed by atoms with Crippen molar-refractivity contribution in [2.45, 2.75) is 0 Å². The zero-order chi connectivity index (χ0) is 16.1. The Bertz CT molecular complexity index is 704. The molecule has 1 amide bonds. The molecule has 22 heavy (non-hydrogen) atoms. The maximum absolute atomic E-state index is 11.8. The summed E-state index contributed by atoms with van der Waals surface area (Å²) in [6.45, 7) is -0.391. The van der Waals surface area contributed by atoms with E-state index >= 15 is 0 Å². The molecule has 0 atom stereocenters. The second kappa shape index (κ2) is 7.29. The van der Waals surface area contributed by atoms with Gasteiger partial charge in [-0.05, 0) is 42.5 Å². The molecule has 0 radical (unpaired) electrons. The lowest BCUT2D eigenvalue weighted by molar-refractivity contribution is -0.119. The molecule has 0 heterocycles. The monoisotopic (exact) mass is 382 g/mol. The van der Waals surface area contributed by atoms with E-state index in [1.807, 2.05) is 0 Å². The molecule has 2 rings (SSSR count). The van der Waals surface area contributed by atoms with Gasteiger partial charge in [0.25, 0.3) is 5.91 Å². The van der Waals surface area contributed by atoms with E-state index in [2.05, 4.69) is 21.2 Å². The fraction of sp³-hybridized carbons (Fsp3) is 0.0667. The average Bonchev–Trinajstić information content (AvgIpc) is 2.50. The largest absolute Gasteiger partial charge is 0.452 e. The minimum absolute atomic E-state index is 0.235. The molecule has 3 N–H and O–H groups in total. The highest BCUT2D eigenvalue weighted by molar-refractivity contribution is 9.10. The maximum atomic E-state index is 11.8. The number of carbonyl (C=O) groups is 2. The van der Waals surface area contributed by atoms with Gasteiger partial charge in [-0.3, -0.25) is 4.79 Å². The Morgan fingerprint density at radius 1 is 1.18 bits per heavy atom. The minimum atomic E-state index is -0.644. The number of rotatable bonds is 4. The third kappa shape index (κ3) is 4.47. The van der Waals surface area contributed by atoms with Gasteiger partial charge in [0.2, 0.25) is 0 Å². The zero-order valence-corrected chi connectivity index (χ0v) is 13.6. The van der Waals surface area contributed by atoms with Gasteiger partial charge in [0.05, 0.1) is 16.3 Å². The van der Waals surface area contributed by atoms with Gasteiger partial charge in [0.1, 0.15) is 0 Å². The molecular formula is C15H12BrClN2O3. The van der Waals surface area contributed by atoms with Crippen LogP contribution in [-0.2, 0) is 9.53 Å². The number of amides is 1. The molecule has 7 heteroatoms. The number of carbonyl (C=O) groups excluding carboxylic acids is 2. The van der Waals surface area contributed by atoms with Crippen LogP contribution in [0.4, 0.5) is 11.4 Å². The van der Waals surface area contributed by atoms with Crippen LogP contribution in [0.2, 0.25) is 5.02 Å². The number of halogens is 2. The summed E-state index contributed by atoms with van der Waals surface area (Å²) in [4.78, 5) is 23.5. The van der Waals surface area contributed by atoms with E-state index in [-0.39, 0.29) is 11.3 Å². The highest BCUT2D eigenvalue weighted by atomic mass is 79.9. The fourth-order valence-electron chi connectivity index (χ4n) is 1.62. The number of nitrogens with two attached hydrogens (primary N) is 1. The Morgan fingerprint density at radius 3 is 2.50 bits per heavy atom. The SMILES string of the molecule is Nc1cc(C(=O)OCC(=O)Nc2ccc(Br)cc2)ccc1Cl. The van der Waals surface area contributed by atoms with Crippen molar-refractivity contribution >= 4 is 50.8 Å². The van der Waals surface area contributed by atoms with Gasteiger partial charge in [0, 0.05) is 10.2 Å². The van der Waals surface area contributed by atoms with E-state index in [4.69, 9.17) is 22.1 Å². The first-order chi connectivity index (χ1) is 10.5. The van der Waals surface area contributed by atoms with Gasteiger partial charge >= 0.3 is 5.97 Å². The smallest absolute Gasteiger partial charge is 0.338 e. The number of benzene rings is 2. The molecule has 0 unspecified atom stereocenters. The normalized spacial score (nSPS) is 10.1. The average molecular weight is 384 g/mol. The second-order valence-electron chi connectivity index (χ2n) is 4.37. The molecule has 0 saturated heterocycles. The molecule has 0 saturated carbocycles. The summed E-state index contributed by atoms with van der Waals surface area (Å²) in [7, 11) is 0. The first-order valence-electron chi connectivity index (χ1n) is 6.23. The van der Waals surface area contributed by atoms with Crippen molar-refractivity contribution in [2.24, 2.45) is 0 Å². The van der Waals surface area contributed by atoms with Gasteiger partial charge in [-0.15, -0.1) is 0 Å². The second-order valence-corrected chi connectivity index (χ2v) is 5.69. The summed E-state index contributed by atoms with van der Waals surface area (Å²) in [6.07, 6.45) is 0. The zero-order valence-electron chi connectivity index (χ0n) is 11.3. The van der Waals surface area contributed by atoms with Crippen molar-refractivity contribution in [1.29, 1.82) is 0 Å². The van der Waals surface area contributed by atoms with Crippen molar-refractivity contribution in [3.63, 3.8) is 0 Å². The van der Waals surface area contributed by atoms with Gasteiger partial charge in [0.15, 0.2) is 6.61 Å². The Morgan fingerprint density at radius 2 is 1.86 bits per heavy atom. The first kappa shape index (κ1) is 16.3. The van der Waals surface area contributed by atoms with Crippen molar-refractivity contribution in [2.75, 3.05) is 17.7 Å². The number of anilines is 2. The van der Waals surface area contributed by atoms with Crippen molar-refractivity contribution < 1.29 is 14.3 Å². The predicted octanol–water partition coefficient (Wildman–Crippen LogP) is 3.48. The van der Waals surface area contributed by atoms with Crippen LogP contribution in [-0.4, -0.2) is 18.5 Å². The topological polar surface area (TPSA) is 81.4 Å². The number of ether oxygens (including phenoxy) is 1. The maximum Gasteiger partial charge on any atom is 0.338 e. The third-order valence-corrected chi connectivity index (χ3v) is 3.57. The lowest BCUT2D eigenvalue weighted by Crippen LogP contribution is -2.20. The van der Waals surface area contributed by atoms with Crippen LogP contribution in [0, 0.1) is 0 Å². The fourth-order valence-corrected chi connectivity index (χ4v) is 2.00. The molecule has 0 spiro atoms. The van der Waals surface area contributed by atoms with Gasteiger partial charge < -0.3 is 15.8 Å². The van der Waals surface area contributed by atoms with Crippen LogP contribution in [0.15, 0.2) is 46.9 Å². The summed E-state index contributed by atoms with van der Waals surface area (Å²) in [5.74, 6) is -1.08. The molecule has 0 aliphatic heterocycles. The molecule has 2 aromatic carbocycles. The highest BCUT2D eigenvalue weighted by Crippen LogP contribution is 2.20. The molecule has 2 aromatic rings. The lowest BCUT2D eigenvalue weighted by Gasteiger charge is -2.07. The van der Waals surface area contributed by atoms with Crippen LogP contribution >= 0.6 is 27.5 Å². The van der Waals surface area contributed by atoms with E-state index < -0.39 is 18.5 Å². The molecule has 0 fully saturated rings. The number of hydrogen-bond acceptors (Lipinski definition) is 4. The Balaban J connectivity index is 1.88. The van der Waals surface area contributed by atoms with Crippen LogP contribution in [0.3, 0.4) is 0 Å².